The molecule has 82 valence electrons. The second kappa shape index (κ2) is 4.85. The topological polar surface area (TPSA) is 92.5 Å². The molecule has 0 spiro atoms. The number of hydrogen-bond donors (Lipinski definition) is 2. The van der Waals surface area contributed by atoms with E-state index in [4.69, 9.17) is 5.11 Å². The van der Waals surface area contributed by atoms with Gasteiger partial charge in [0.2, 0.25) is 0 Å². The third-order valence-corrected chi connectivity index (χ3v) is 2.59. The molecule has 0 aliphatic carbocycles. The van der Waals surface area contributed by atoms with Crippen molar-refractivity contribution in [2.75, 3.05) is 6.54 Å². The van der Waals surface area contributed by atoms with Gasteiger partial charge in [-0.2, -0.15) is 0 Å². The minimum absolute atomic E-state index is 0.0720. The lowest BCUT2D eigenvalue weighted by Crippen LogP contribution is -2.29. The van der Waals surface area contributed by atoms with E-state index in [-0.39, 0.29) is 16.4 Å². The summed E-state index contributed by atoms with van der Waals surface area (Å²) in [4.78, 5) is 21.4. The molecule has 0 saturated carbocycles. The minimum atomic E-state index is -0.635. The van der Waals surface area contributed by atoms with Crippen LogP contribution in [0.3, 0.4) is 0 Å². The van der Waals surface area contributed by atoms with Crippen LogP contribution in [-0.4, -0.2) is 28.6 Å². The molecule has 1 amide bonds. The number of nitro groups is 1. The van der Waals surface area contributed by atoms with Crippen molar-refractivity contribution in [3.63, 3.8) is 0 Å². The minimum Gasteiger partial charge on any atom is -0.392 e. The third kappa shape index (κ3) is 3.30. The largest absolute Gasteiger partial charge is 0.392 e. The number of aliphatic hydroxyl groups excluding tert-OH is 1. The maximum absolute atomic E-state index is 11.4. The van der Waals surface area contributed by atoms with Gasteiger partial charge in [-0.15, -0.1) is 0 Å². The first-order valence-electron chi connectivity index (χ1n) is 4.21. The average molecular weight is 230 g/mol. The Bertz CT molecular complexity index is 374. The normalized spacial score (nSPS) is 12.1. The van der Waals surface area contributed by atoms with Crippen molar-refractivity contribution >= 4 is 22.2 Å². The van der Waals surface area contributed by atoms with E-state index < -0.39 is 16.9 Å². The fourth-order valence-corrected chi connectivity index (χ4v) is 1.61. The standard InChI is InChI=1S/C8H10N2O4S/c1-5(11)4-9-8(12)6-2-3-7(15-6)10(13)14/h2-3,5,11H,4H2,1H3,(H,9,12)/t5-/m0/s1. The summed E-state index contributed by atoms with van der Waals surface area (Å²) in [5.74, 6) is -0.408. The monoisotopic (exact) mass is 230 g/mol. The van der Waals surface area contributed by atoms with Crippen LogP contribution in [0.15, 0.2) is 12.1 Å². The van der Waals surface area contributed by atoms with Crippen molar-refractivity contribution in [2.45, 2.75) is 13.0 Å². The molecule has 6 nitrogen and oxygen atoms in total. The molecule has 1 rings (SSSR count). The Morgan fingerprint density at radius 3 is 2.87 bits per heavy atom. The van der Waals surface area contributed by atoms with Crippen molar-refractivity contribution in [3.05, 3.63) is 27.1 Å². The summed E-state index contributed by atoms with van der Waals surface area (Å²) in [6.45, 7) is 1.67. The van der Waals surface area contributed by atoms with Crippen molar-refractivity contribution in [2.24, 2.45) is 0 Å². The number of amides is 1. The van der Waals surface area contributed by atoms with E-state index in [0.29, 0.717) is 0 Å². The zero-order chi connectivity index (χ0) is 11.4. The fourth-order valence-electron chi connectivity index (χ4n) is 0.875. The van der Waals surface area contributed by atoms with Gasteiger partial charge in [-0.3, -0.25) is 14.9 Å². The summed E-state index contributed by atoms with van der Waals surface area (Å²) in [7, 11) is 0. The molecule has 0 fully saturated rings. The average Bonchev–Trinajstić information content (AvgIpc) is 2.62. The Morgan fingerprint density at radius 1 is 1.73 bits per heavy atom. The van der Waals surface area contributed by atoms with Crippen LogP contribution >= 0.6 is 11.3 Å². The summed E-state index contributed by atoms with van der Waals surface area (Å²) in [5.41, 5.74) is 0. The quantitative estimate of drug-likeness (QED) is 0.590. The molecule has 0 unspecified atom stereocenters. The number of carbonyl (C=O) groups is 1. The van der Waals surface area contributed by atoms with Crippen molar-refractivity contribution in [1.82, 2.24) is 5.32 Å². The predicted octanol–water partition coefficient (Wildman–Crippen LogP) is 0.767. The van der Waals surface area contributed by atoms with Gasteiger partial charge < -0.3 is 10.4 Å². The van der Waals surface area contributed by atoms with Gasteiger partial charge in [0.15, 0.2) is 0 Å². The zero-order valence-electron chi connectivity index (χ0n) is 7.97. The highest BCUT2D eigenvalue weighted by Crippen LogP contribution is 2.23. The van der Waals surface area contributed by atoms with E-state index in [0.717, 1.165) is 11.3 Å². The van der Waals surface area contributed by atoms with Gasteiger partial charge >= 0.3 is 5.00 Å². The molecular formula is C8H10N2O4S. The van der Waals surface area contributed by atoms with E-state index in [1.807, 2.05) is 0 Å². The van der Waals surface area contributed by atoms with Crippen LogP contribution in [0.5, 0.6) is 0 Å². The lowest BCUT2D eigenvalue weighted by molar-refractivity contribution is -0.380. The molecule has 1 atom stereocenters. The fraction of sp³-hybridized carbons (Fsp3) is 0.375. The van der Waals surface area contributed by atoms with Crippen LogP contribution < -0.4 is 5.32 Å². The summed E-state index contributed by atoms with van der Waals surface area (Å²) >= 11 is 0.808. The van der Waals surface area contributed by atoms with Crippen LogP contribution in [-0.2, 0) is 0 Å². The maximum atomic E-state index is 11.4. The van der Waals surface area contributed by atoms with Gasteiger partial charge in [0.25, 0.3) is 5.91 Å². The van der Waals surface area contributed by atoms with Gasteiger partial charge in [-0.25, -0.2) is 0 Å². The molecule has 1 aromatic rings. The van der Waals surface area contributed by atoms with E-state index in [9.17, 15) is 14.9 Å². The maximum Gasteiger partial charge on any atom is 0.324 e. The van der Waals surface area contributed by atoms with Crippen LogP contribution in [0.1, 0.15) is 16.6 Å². The Morgan fingerprint density at radius 2 is 2.40 bits per heavy atom. The van der Waals surface area contributed by atoms with E-state index in [2.05, 4.69) is 5.32 Å². The molecule has 0 aromatic carbocycles. The molecule has 15 heavy (non-hydrogen) atoms. The first kappa shape index (κ1) is 11.6. The van der Waals surface area contributed by atoms with Crippen molar-refractivity contribution in [3.8, 4) is 0 Å². The second-order valence-corrected chi connectivity index (χ2v) is 4.02. The number of rotatable bonds is 4. The molecule has 0 saturated heterocycles. The van der Waals surface area contributed by atoms with E-state index in [1.54, 1.807) is 0 Å². The lowest BCUT2D eigenvalue weighted by atomic mass is 10.4. The Labute approximate surface area is 89.7 Å². The van der Waals surface area contributed by atoms with Gasteiger partial charge in [-0.05, 0) is 13.0 Å². The number of nitrogens with one attached hydrogen (secondary N) is 1. The molecule has 1 heterocycles. The van der Waals surface area contributed by atoms with Crippen molar-refractivity contribution < 1.29 is 14.8 Å². The molecule has 2 N–H and O–H groups in total. The highest BCUT2D eigenvalue weighted by Gasteiger charge is 2.14. The number of thiophene rings is 1. The highest BCUT2D eigenvalue weighted by atomic mass is 32.1. The van der Waals surface area contributed by atoms with Crippen molar-refractivity contribution in [1.29, 1.82) is 0 Å². The van der Waals surface area contributed by atoms with Crippen LogP contribution in [0, 0.1) is 10.1 Å². The Balaban J connectivity index is 2.62. The first-order chi connectivity index (χ1) is 7.00. The van der Waals surface area contributed by atoms with Gasteiger partial charge in [0.1, 0.15) is 0 Å². The van der Waals surface area contributed by atoms with Gasteiger partial charge in [0.05, 0.1) is 15.9 Å². The molecule has 0 aliphatic rings. The molecule has 0 radical (unpaired) electrons. The Kier molecular flexibility index (Phi) is 3.75. The van der Waals surface area contributed by atoms with Gasteiger partial charge in [-0.1, -0.05) is 11.3 Å². The second-order valence-electron chi connectivity index (χ2n) is 2.95. The smallest absolute Gasteiger partial charge is 0.324 e. The zero-order valence-corrected chi connectivity index (χ0v) is 8.78. The molecular weight excluding hydrogens is 220 g/mol. The van der Waals surface area contributed by atoms with Gasteiger partial charge in [0, 0.05) is 12.6 Å². The number of hydrogen-bond acceptors (Lipinski definition) is 5. The number of aliphatic hydroxyl groups is 1. The SMILES string of the molecule is C[C@H](O)CNC(=O)c1ccc([N+](=O)[O-])s1. The summed E-state index contributed by atoms with van der Waals surface area (Å²) in [6.07, 6.45) is -0.635. The van der Waals surface area contributed by atoms with E-state index in [1.165, 1.54) is 19.1 Å². The first-order valence-corrected chi connectivity index (χ1v) is 5.03. The van der Waals surface area contributed by atoms with Crippen LogP contribution in [0.2, 0.25) is 0 Å². The van der Waals surface area contributed by atoms with E-state index >= 15 is 0 Å². The third-order valence-electron chi connectivity index (χ3n) is 1.55. The number of nitrogens with zero attached hydrogens (tertiary/aromatic N) is 1. The van der Waals surface area contributed by atoms with Crippen LogP contribution in [0.25, 0.3) is 0 Å². The summed E-state index contributed by atoms with van der Waals surface area (Å²) < 4.78 is 0. The number of carbonyl (C=O) groups excluding carboxylic acids is 1. The Hall–Kier alpha value is -1.47. The van der Waals surface area contributed by atoms with Crippen LogP contribution in [0.4, 0.5) is 5.00 Å². The molecule has 0 aliphatic heterocycles. The molecule has 1 aromatic heterocycles. The highest BCUT2D eigenvalue weighted by molar-refractivity contribution is 7.17. The molecule has 7 heteroatoms. The predicted molar refractivity (Wildman–Crippen MR) is 55.0 cm³/mol. The summed E-state index contributed by atoms with van der Waals surface area (Å²) in [5, 5.41) is 21.6. The molecule has 0 bridgehead atoms. The summed E-state index contributed by atoms with van der Waals surface area (Å²) in [6, 6.07) is 2.67. The lowest BCUT2D eigenvalue weighted by Gasteiger charge is -2.04.